The molecule has 0 radical (unpaired) electrons. The topological polar surface area (TPSA) is 95.3 Å². The summed E-state index contributed by atoms with van der Waals surface area (Å²) in [6.45, 7) is 3.84. The van der Waals surface area contributed by atoms with E-state index >= 15 is 0 Å². The molecule has 2 aromatic heterocycles. The van der Waals surface area contributed by atoms with Gasteiger partial charge in [-0.1, -0.05) is 0 Å². The Hall–Kier alpha value is -3.68. The molecule has 0 saturated carbocycles. The van der Waals surface area contributed by atoms with Gasteiger partial charge < -0.3 is 14.8 Å². The number of anilines is 1. The van der Waals surface area contributed by atoms with Crippen LogP contribution >= 0.6 is 0 Å². The maximum Gasteiger partial charge on any atom is 0.341 e. The summed E-state index contributed by atoms with van der Waals surface area (Å²) in [5.41, 5.74) is 2.24. The van der Waals surface area contributed by atoms with Crippen molar-refractivity contribution in [3.05, 3.63) is 65.6 Å². The van der Waals surface area contributed by atoms with Crippen molar-refractivity contribution in [2.75, 3.05) is 19.0 Å². The number of benzene rings is 1. The molecule has 1 aromatic carbocycles. The minimum Gasteiger partial charge on any atom is -0.493 e. The summed E-state index contributed by atoms with van der Waals surface area (Å²) in [5, 5.41) is 6.97. The van der Waals surface area contributed by atoms with E-state index in [-0.39, 0.29) is 5.91 Å². The average Bonchev–Trinajstić information content (AvgIpc) is 3.10. The molecule has 1 amide bonds. The number of carbonyl (C=O) groups excluding carboxylic acids is 2. The van der Waals surface area contributed by atoms with Crippen LogP contribution in [0.4, 0.5) is 5.82 Å². The van der Waals surface area contributed by atoms with Gasteiger partial charge in [0.15, 0.2) is 11.6 Å². The molecule has 0 aliphatic heterocycles. The van der Waals surface area contributed by atoms with Crippen molar-refractivity contribution in [2.24, 2.45) is 0 Å². The maximum atomic E-state index is 12.5. The summed E-state index contributed by atoms with van der Waals surface area (Å²) in [5.74, 6) is 0.103. The Morgan fingerprint density at radius 3 is 2.61 bits per heavy atom. The van der Waals surface area contributed by atoms with E-state index in [1.54, 1.807) is 61.1 Å². The average molecular weight is 380 g/mol. The van der Waals surface area contributed by atoms with Gasteiger partial charge in [0.1, 0.15) is 5.56 Å². The molecule has 3 rings (SSSR count). The molecule has 0 unspecified atom stereocenters. The zero-order valence-corrected chi connectivity index (χ0v) is 15.8. The number of rotatable bonds is 6. The fraction of sp³-hybridized carbons (Fsp3) is 0.200. The summed E-state index contributed by atoms with van der Waals surface area (Å²) >= 11 is 0. The third kappa shape index (κ3) is 3.85. The Labute approximate surface area is 162 Å². The fourth-order valence-electron chi connectivity index (χ4n) is 2.66. The van der Waals surface area contributed by atoms with E-state index < -0.39 is 5.97 Å². The second kappa shape index (κ2) is 8.34. The number of esters is 1. The van der Waals surface area contributed by atoms with Gasteiger partial charge in [-0.3, -0.25) is 4.79 Å². The van der Waals surface area contributed by atoms with Crippen LogP contribution in [0.3, 0.4) is 0 Å². The monoisotopic (exact) mass is 380 g/mol. The lowest BCUT2D eigenvalue weighted by Crippen LogP contribution is -2.14. The lowest BCUT2D eigenvalue weighted by molar-refractivity contribution is 0.0525. The highest BCUT2D eigenvalue weighted by Gasteiger charge is 2.16. The van der Waals surface area contributed by atoms with Gasteiger partial charge in [0.05, 0.1) is 31.3 Å². The van der Waals surface area contributed by atoms with Gasteiger partial charge in [0.2, 0.25) is 0 Å². The van der Waals surface area contributed by atoms with E-state index in [9.17, 15) is 9.59 Å². The van der Waals surface area contributed by atoms with E-state index in [4.69, 9.17) is 9.47 Å². The molecular weight excluding hydrogens is 360 g/mol. The SMILES string of the molecule is CCOC(=O)c1cnn(-c2ccc(C(=O)Nc3ncccc3OC)cc2)c1C. The molecule has 0 fully saturated rings. The third-order valence-corrected chi connectivity index (χ3v) is 4.10. The standard InChI is InChI=1S/C20H20N4O4/c1-4-28-20(26)16-12-22-24(13(16)2)15-9-7-14(8-10-15)19(25)23-18-17(27-3)6-5-11-21-18/h5-12H,4H2,1-3H3,(H,21,23,25). The van der Waals surface area contributed by atoms with Crippen LogP contribution in [0.25, 0.3) is 5.69 Å². The zero-order chi connectivity index (χ0) is 20.1. The largest absolute Gasteiger partial charge is 0.493 e. The molecule has 0 atom stereocenters. The molecule has 2 heterocycles. The van der Waals surface area contributed by atoms with Crippen molar-refractivity contribution in [3.8, 4) is 11.4 Å². The van der Waals surface area contributed by atoms with Crippen molar-refractivity contribution in [2.45, 2.75) is 13.8 Å². The number of methoxy groups -OCH3 is 1. The lowest BCUT2D eigenvalue weighted by atomic mass is 10.2. The van der Waals surface area contributed by atoms with Crippen molar-refractivity contribution >= 4 is 17.7 Å². The van der Waals surface area contributed by atoms with Gasteiger partial charge in [-0.2, -0.15) is 5.10 Å². The van der Waals surface area contributed by atoms with Gasteiger partial charge in [0, 0.05) is 11.8 Å². The molecule has 0 aliphatic rings. The van der Waals surface area contributed by atoms with Crippen LogP contribution in [0.15, 0.2) is 48.8 Å². The van der Waals surface area contributed by atoms with Crippen LogP contribution in [-0.4, -0.2) is 40.4 Å². The second-order valence-corrected chi connectivity index (χ2v) is 5.83. The number of pyridine rings is 1. The van der Waals surface area contributed by atoms with E-state index in [1.807, 2.05) is 0 Å². The zero-order valence-electron chi connectivity index (χ0n) is 15.8. The van der Waals surface area contributed by atoms with Crippen LogP contribution < -0.4 is 10.1 Å². The van der Waals surface area contributed by atoms with Crippen molar-refractivity contribution in [1.29, 1.82) is 0 Å². The smallest absolute Gasteiger partial charge is 0.341 e. The summed E-state index contributed by atoms with van der Waals surface area (Å²) in [6.07, 6.45) is 3.05. The Morgan fingerprint density at radius 1 is 1.18 bits per heavy atom. The molecular formula is C20H20N4O4. The summed E-state index contributed by atoms with van der Waals surface area (Å²) in [4.78, 5) is 28.5. The van der Waals surface area contributed by atoms with Gasteiger partial charge in [-0.15, -0.1) is 0 Å². The normalized spacial score (nSPS) is 10.4. The first-order valence-corrected chi connectivity index (χ1v) is 8.67. The predicted molar refractivity (Wildman–Crippen MR) is 103 cm³/mol. The number of carbonyl (C=O) groups is 2. The number of hydrogen-bond acceptors (Lipinski definition) is 6. The van der Waals surface area contributed by atoms with Crippen LogP contribution in [0.1, 0.15) is 33.3 Å². The number of nitrogens with one attached hydrogen (secondary N) is 1. The van der Waals surface area contributed by atoms with Gasteiger partial charge in [-0.05, 0) is 50.2 Å². The Morgan fingerprint density at radius 2 is 1.93 bits per heavy atom. The van der Waals surface area contributed by atoms with Crippen molar-refractivity contribution in [1.82, 2.24) is 14.8 Å². The minimum absolute atomic E-state index is 0.300. The number of nitrogens with zero attached hydrogens (tertiary/aromatic N) is 3. The van der Waals surface area contributed by atoms with Crippen LogP contribution in [-0.2, 0) is 4.74 Å². The summed E-state index contributed by atoms with van der Waals surface area (Å²) in [7, 11) is 1.51. The summed E-state index contributed by atoms with van der Waals surface area (Å²) < 4.78 is 11.8. The molecule has 144 valence electrons. The molecule has 28 heavy (non-hydrogen) atoms. The van der Waals surface area contributed by atoms with E-state index in [0.717, 1.165) is 5.69 Å². The highest BCUT2D eigenvalue weighted by atomic mass is 16.5. The Balaban J connectivity index is 1.78. The Bertz CT molecular complexity index is 996. The summed E-state index contributed by atoms with van der Waals surface area (Å²) in [6, 6.07) is 10.3. The fourth-order valence-corrected chi connectivity index (χ4v) is 2.66. The van der Waals surface area contributed by atoms with E-state index in [0.29, 0.717) is 35.0 Å². The maximum absolute atomic E-state index is 12.5. The lowest BCUT2D eigenvalue weighted by Gasteiger charge is -2.09. The van der Waals surface area contributed by atoms with E-state index in [2.05, 4.69) is 15.4 Å². The molecule has 1 N–H and O–H groups in total. The Kier molecular flexibility index (Phi) is 5.69. The number of aromatic nitrogens is 3. The van der Waals surface area contributed by atoms with Crippen LogP contribution in [0.2, 0.25) is 0 Å². The van der Waals surface area contributed by atoms with Crippen LogP contribution in [0.5, 0.6) is 5.75 Å². The van der Waals surface area contributed by atoms with E-state index in [1.165, 1.54) is 13.3 Å². The number of hydrogen-bond donors (Lipinski definition) is 1. The first-order chi connectivity index (χ1) is 13.5. The molecule has 0 aliphatic carbocycles. The first-order valence-electron chi connectivity index (χ1n) is 8.67. The minimum atomic E-state index is -0.411. The van der Waals surface area contributed by atoms with Crippen molar-refractivity contribution < 1.29 is 19.1 Å². The molecule has 0 saturated heterocycles. The number of ether oxygens (including phenoxy) is 2. The molecule has 0 bridgehead atoms. The molecule has 8 heteroatoms. The van der Waals surface area contributed by atoms with Gasteiger partial charge >= 0.3 is 5.97 Å². The second-order valence-electron chi connectivity index (χ2n) is 5.83. The number of amides is 1. The van der Waals surface area contributed by atoms with Crippen molar-refractivity contribution in [3.63, 3.8) is 0 Å². The molecule has 3 aromatic rings. The third-order valence-electron chi connectivity index (χ3n) is 4.10. The quantitative estimate of drug-likeness (QED) is 0.661. The van der Waals surface area contributed by atoms with Gasteiger partial charge in [0.25, 0.3) is 5.91 Å². The molecule has 8 nitrogen and oxygen atoms in total. The van der Waals surface area contributed by atoms with Crippen LogP contribution in [0, 0.1) is 6.92 Å². The van der Waals surface area contributed by atoms with Gasteiger partial charge in [-0.25, -0.2) is 14.5 Å². The first kappa shape index (κ1) is 19.1. The molecule has 0 spiro atoms. The highest BCUT2D eigenvalue weighted by molar-refractivity contribution is 6.04. The predicted octanol–water partition coefficient (Wildman–Crippen LogP) is 3.01. The highest BCUT2D eigenvalue weighted by Crippen LogP contribution is 2.21.